The van der Waals surface area contributed by atoms with Gasteiger partial charge in [0.05, 0.1) is 0 Å². The van der Waals surface area contributed by atoms with E-state index in [9.17, 15) is 0 Å². The second-order valence-corrected chi connectivity index (χ2v) is 7.39. The van der Waals surface area contributed by atoms with E-state index in [4.69, 9.17) is 5.11 Å². The van der Waals surface area contributed by atoms with Gasteiger partial charge in [-0.3, -0.25) is 0 Å². The fraction of sp³-hybridized carbons (Fsp3) is 0.152. The topological polar surface area (TPSA) is 20.2 Å². The first-order valence-electron chi connectivity index (χ1n) is 11.7. The fourth-order valence-corrected chi connectivity index (χ4v) is 2.74. The molecule has 4 aromatic carbocycles. The van der Waals surface area contributed by atoms with Crippen LogP contribution in [0, 0.1) is 23.7 Å². The summed E-state index contributed by atoms with van der Waals surface area (Å²) in [5.74, 6) is 12.4. The third kappa shape index (κ3) is 14.5. The van der Waals surface area contributed by atoms with Gasteiger partial charge in [-0.15, -0.1) is 0 Å². The second kappa shape index (κ2) is 20.1. The Labute approximate surface area is 225 Å². The Morgan fingerprint density at radius 2 is 0.714 bits per heavy atom. The van der Waals surface area contributed by atoms with Crippen molar-refractivity contribution < 1.29 is 26.2 Å². The Kier molecular flexibility index (Phi) is 17.0. The molecule has 0 aliphatic heterocycles. The quantitative estimate of drug-likeness (QED) is 0.184. The van der Waals surface area contributed by atoms with E-state index in [0.717, 1.165) is 35.1 Å². The molecule has 0 bridgehead atoms. The van der Waals surface area contributed by atoms with Crippen LogP contribution in [0.3, 0.4) is 0 Å². The molecule has 1 N–H and O–H groups in total. The molecule has 0 aliphatic carbocycles. The van der Waals surface area contributed by atoms with Crippen LogP contribution >= 0.6 is 0 Å². The maximum atomic E-state index is 8.20. The Bertz CT molecular complexity index is 966. The number of aliphatic hydroxyl groups excluding tert-OH is 1. The Morgan fingerprint density at radius 3 is 0.886 bits per heavy atom. The molecule has 1 nitrogen and oxygen atoms in total. The molecule has 0 saturated carbocycles. The molecular formula is C33H32OPt. The summed E-state index contributed by atoms with van der Waals surface area (Å²) < 4.78 is 0. The minimum Gasteiger partial charge on any atom is -0.396 e. The van der Waals surface area contributed by atoms with Crippen LogP contribution in [0.5, 0.6) is 0 Å². The molecule has 0 aromatic heterocycles. The van der Waals surface area contributed by atoms with Crippen molar-refractivity contribution in [3.05, 3.63) is 144 Å². The van der Waals surface area contributed by atoms with Crippen molar-refractivity contribution in [1.82, 2.24) is 0 Å². The van der Waals surface area contributed by atoms with Crippen molar-refractivity contribution in [3.63, 3.8) is 0 Å². The molecule has 35 heavy (non-hydrogen) atoms. The summed E-state index contributed by atoms with van der Waals surface area (Å²) >= 11 is 0. The molecule has 2 heteroatoms. The molecule has 0 aliphatic rings. The molecule has 0 saturated heterocycles. The van der Waals surface area contributed by atoms with E-state index in [-0.39, 0.29) is 21.1 Å². The molecule has 180 valence electrons. The van der Waals surface area contributed by atoms with Gasteiger partial charge in [0.25, 0.3) is 0 Å². The van der Waals surface area contributed by atoms with Crippen LogP contribution in [-0.2, 0) is 21.1 Å². The van der Waals surface area contributed by atoms with Gasteiger partial charge in [0.1, 0.15) is 0 Å². The van der Waals surface area contributed by atoms with Gasteiger partial charge in [0.2, 0.25) is 0 Å². The summed E-state index contributed by atoms with van der Waals surface area (Å²) in [7, 11) is 0. The average Bonchev–Trinajstić information content (AvgIpc) is 2.93. The summed E-state index contributed by atoms with van der Waals surface area (Å²) in [6, 6.07) is 40.0. The number of hydrogen-bond acceptors (Lipinski definition) is 1. The predicted molar refractivity (Wildman–Crippen MR) is 144 cm³/mol. The number of rotatable bonds is 3. The summed E-state index contributed by atoms with van der Waals surface area (Å²) in [4.78, 5) is 0. The van der Waals surface area contributed by atoms with Crippen molar-refractivity contribution in [2.24, 2.45) is 0 Å². The van der Waals surface area contributed by atoms with E-state index in [0.29, 0.717) is 6.61 Å². The maximum absolute atomic E-state index is 8.20. The number of hydrogen-bond donors (Lipinski definition) is 1. The van der Waals surface area contributed by atoms with Crippen molar-refractivity contribution >= 4 is 0 Å². The first-order chi connectivity index (χ1) is 16.8. The zero-order chi connectivity index (χ0) is 24.1. The minimum atomic E-state index is 0. The summed E-state index contributed by atoms with van der Waals surface area (Å²) in [5.41, 5.74) is 4.21. The van der Waals surface area contributed by atoms with Gasteiger partial charge in [-0.25, -0.2) is 0 Å². The van der Waals surface area contributed by atoms with Crippen LogP contribution < -0.4 is 0 Å². The smallest absolute Gasteiger partial charge is 0.0431 e. The van der Waals surface area contributed by atoms with Crippen LogP contribution in [0.25, 0.3) is 0 Å². The normalized spacial score (nSPS) is 8.63. The van der Waals surface area contributed by atoms with E-state index in [1.807, 2.05) is 121 Å². The molecule has 0 unspecified atom stereocenters. The zero-order valence-electron chi connectivity index (χ0n) is 20.1. The first-order valence-corrected chi connectivity index (χ1v) is 11.7. The average molecular weight is 640 g/mol. The monoisotopic (exact) mass is 639 g/mol. The van der Waals surface area contributed by atoms with Crippen molar-refractivity contribution in [2.75, 3.05) is 6.61 Å². The minimum absolute atomic E-state index is 0. The maximum Gasteiger partial charge on any atom is 0.0431 e. The van der Waals surface area contributed by atoms with E-state index < -0.39 is 0 Å². The molecule has 0 radical (unpaired) electrons. The summed E-state index contributed by atoms with van der Waals surface area (Å²) in [6.45, 7) is 2.48. The van der Waals surface area contributed by atoms with Gasteiger partial charge in [-0.05, 0) is 55.0 Å². The largest absolute Gasteiger partial charge is 0.396 e. The SMILES string of the molecule is C(#Cc1ccccc1)c1ccccc1.C(#Cc1ccccc1)c1ccccc1.CCCCCO.[Pt]. The summed E-state index contributed by atoms with van der Waals surface area (Å²) in [5, 5.41) is 8.20. The molecule has 0 amide bonds. The van der Waals surface area contributed by atoms with Crippen LogP contribution in [0.15, 0.2) is 121 Å². The Balaban J connectivity index is 0.000000280. The molecule has 0 heterocycles. The third-order valence-electron chi connectivity index (χ3n) is 4.56. The molecule has 4 aromatic rings. The Morgan fingerprint density at radius 1 is 0.457 bits per heavy atom. The number of aliphatic hydroxyl groups is 1. The molecule has 4 rings (SSSR count). The van der Waals surface area contributed by atoms with Gasteiger partial charge in [0.15, 0.2) is 0 Å². The predicted octanol–water partition coefficient (Wildman–Crippen LogP) is 7.34. The van der Waals surface area contributed by atoms with Crippen molar-refractivity contribution in [3.8, 4) is 23.7 Å². The van der Waals surface area contributed by atoms with Crippen LogP contribution in [0.4, 0.5) is 0 Å². The standard InChI is InChI=1S/2C14H10.C5H12O.Pt/c2*1-3-7-13(8-4-1)11-12-14-9-5-2-6-10-14;1-2-3-4-5-6;/h2*1-10H;6H,2-5H2,1H3;. The second-order valence-electron chi connectivity index (χ2n) is 7.39. The van der Waals surface area contributed by atoms with Crippen molar-refractivity contribution in [1.29, 1.82) is 0 Å². The van der Waals surface area contributed by atoms with E-state index in [2.05, 4.69) is 30.6 Å². The van der Waals surface area contributed by atoms with Crippen molar-refractivity contribution in [2.45, 2.75) is 26.2 Å². The fourth-order valence-electron chi connectivity index (χ4n) is 2.74. The van der Waals surface area contributed by atoms with E-state index in [1.54, 1.807) is 0 Å². The molecular weight excluding hydrogens is 607 g/mol. The first kappa shape index (κ1) is 29.7. The molecule has 0 atom stereocenters. The molecule has 0 spiro atoms. The van der Waals surface area contributed by atoms with Crippen LogP contribution in [0.1, 0.15) is 48.4 Å². The van der Waals surface area contributed by atoms with Gasteiger partial charge >= 0.3 is 0 Å². The van der Waals surface area contributed by atoms with Gasteiger partial charge in [-0.2, -0.15) is 0 Å². The number of unbranched alkanes of at least 4 members (excludes halogenated alkanes) is 2. The van der Waals surface area contributed by atoms with Gasteiger partial charge in [0, 0.05) is 49.9 Å². The van der Waals surface area contributed by atoms with Crippen LogP contribution in [0.2, 0.25) is 0 Å². The third-order valence-corrected chi connectivity index (χ3v) is 4.56. The van der Waals surface area contributed by atoms with Gasteiger partial charge < -0.3 is 5.11 Å². The summed E-state index contributed by atoms with van der Waals surface area (Å²) in [6.07, 6.45) is 3.33. The zero-order valence-corrected chi connectivity index (χ0v) is 22.4. The molecule has 0 fully saturated rings. The van der Waals surface area contributed by atoms with E-state index in [1.165, 1.54) is 6.42 Å². The van der Waals surface area contributed by atoms with E-state index >= 15 is 0 Å². The Hall–Kier alpha value is -3.35. The van der Waals surface area contributed by atoms with Gasteiger partial charge in [-0.1, -0.05) is 116 Å². The van der Waals surface area contributed by atoms with Crippen LogP contribution in [-0.4, -0.2) is 11.7 Å². The number of benzene rings is 4.